The minimum Gasteiger partial charge on any atom is -0.346 e. The minimum atomic E-state index is -4.16. The van der Waals surface area contributed by atoms with E-state index in [1.807, 2.05) is 0 Å². The van der Waals surface area contributed by atoms with Gasteiger partial charge in [-0.3, -0.25) is 4.79 Å². The van der Waals surface area contributed by atoms with Gasteiger partial charge in [0.05, 0.1) is 5.92 Å². The van der Waals surface area contributed by atoms with Crippen LogP contribution >= 0.6 is 0 Å². The van der Waals surface area contributed by atoms with E-state index in [-0.39, 0.29) is 37.4 Å². The molecule has 0 saturated heterocycles. The molecule has 1 fully saturated rings. The van der Waals surface area contributed by atoms with E-state index in [1.54, 1.807) is 12.3 Å². The van der Waals surface area contributed by atoms with Gasteiger partial charge in [-0.15, -0.1) is 0 Å². The molecule has 7 heteroatoms. The molecule has 2 heterocycles. The molecular formula is C14H14F3N3O. The first-order valence-electron chi connectivity index (χ1n) is 6.86. The number of fused-ring (bicyclic) bond motifs is 1. The summed E-state index contributed by atoms with van der Waals surface area (Å²) in [6.07, 6.45) is -0.638. The van der Waals surface area contributed by atoms with Crippen molar-refractivity contribution >= 4 is 16.8 Å². The number of nitrogens with one attached hydrogen (secondary N) is 1. The maximum absolute atomic E-state index is 12.6. The second-order valence-electron chi connectivity index (χ2n) is 5.42. The minimum absolute atomic E-state index is 0.0151. The summed E-state index contributed by atoms with van der Waals surface area (Å²) in [5.41, 5.74) is 0.869. The van der Waals surface area contributed by atoms with E-state index in [4.69, 9.17) is 0 Å². The molecule has 1 aliphatic carbocycles. The van der Waals surface area contributed by atoms with Crippen molar-refractivity contribution in [3.63, 3.8) is 0 Å². The third-order valence-corrected chi connectivity index (χ3v) is 4.15. The highest BCUT2D eigenvalue weighted by Crippen LogP contribution is 2.40. The van der Waals surface area contributed by atoms with Gasteiger partial charge in [-0.2, -0.15) is 13.2 Å². The molecule has 1 aliphatic rings. The highest BCUT2D eigenvalue weighted by Gasteiger charge is 2.42. The molecule has 2 aromatic rings. The number of rotatable bonds is 2. The third-order valence-electron chi connectivity index (χ3n) is 4.15. The van der Waals surface area contributed by atoms with Crippen molar-refractivity contribution < 1.29 is 18.0 Å². The second kappa shape index (κ2) is 5.13. The molecule has 0 unspecified atom stereocenters. The van der Waals surface area contributed by atoms with E-state index in [0.29, 0.717) is 16.7 Å². The molecule has 0 aromatic carbocycles. The summed E-state index contributed by atoms with van der Waals surface area (Å²) in [5, 5.41) is 0.625. The number of halogens is 3. The van der Waals surface area contributed by atoms with Gasteiger partial charge in [0.25, 0.3) is 0 Å². The van der Waals surface area contributed by atoms with E-state index in [9.17, 15) is 18.0 Å². The first-order valence-corrected chi connectivity index (χ1v) is 6.86. The van der Waals surface area contributed by atoms with Gasteiger partial charge >= 0.3 is 6.18 Å². The lowest BCUT2D eigenvalue weighted by Crippen LogP contribution is -2.30. The number of hydrogen-bond acceptors (Lipinski definition) is 3. The van der Waals surface area contributed by atoms with Gasteiger partial charge in [0.1, 0.15) is 17.7 Å². The van der Waals surface area contributed by atoms with Gasteiger partial charge in [0.2, 0.25) is 0 Å². The fourth-order valence-corrected chi connectivity index (χ4v) is 2.95. The predicted molar refractivity (Wildman–Crippen MR) is 69.7 cm³/mol. The number of ketones is 1. The molecule has 0 spiro atoms. The second-order valence-corrected chi connectivity index (χ2v) is 5.42. The Hall–Kier alpha value is -1.92. The Morgan fingerprint density at radius 2 is 1.90 bits per heavy atom. The summed E-state index contributed by atoms with van der Waals surface area (Å²) in [4.78, 5) is 23.4. The average Bonchev–Trinajstić information content (AvgIpc) is 2.94. The molecule has 0 bridgehead atoms. The fourth-order valence-electron chi connectivity index (χ4n) is 2.95. The maximum atomic E-state index is 12.6. The van der Waals surface area contributed by atoms with Crippen LogP contribution in [0.3, 0.4) is 0 Å². The lowest BCUT2D eigenvalue weighted by atomic mass is 9.79. The number of Topliss-reactive ketones (excluding diaryl/α,β-unsaturated/α-hetero) is 1. The lowest BCUT2D eigenvalue weighted by molar-refractivity contribution is -0.183. The van der Waals surface area contributed by atoms with Gasteiger partial charge in [-0.25, -0.2) is 9.97 Å². The molecule has 1 saturated carbocycles. The van der Waals surface area contributed by atoms with Crippen LogP contribution in [0.4, 0.5) is 13.2 Å². The van der Waals surface area contributed by atoms with Crippen LogP contribution in [0.1, 0.15) is 36.2 Å². The quantitative estimate of drug-likeness (QED) is 0.863. The Bertz CT molecular complexity index is 657. The standard InChI is InChI=1S/C14H14F3N3O/c15-14(16,17)9-3-1-8(2-4-9)12(21)11-10-5-6-18-13(10)20-7-19-11/h5-9H,1-4H2,(H,18,19,20)/t8-,9+. The van der Waals surface area contributed by atoms with Gasteiger partial charge < -0.3 is 4.98 Å². The van der Waals surface area contributed by atoms with Crippen LogP contribution in [0.5, 0.6) is 0 Å². The van der Waals surface area contributed by atoms with E-state index in [1.165, 1.54) is 6.33 Å². The van der Waals surface area contributed by atoms with Crippen LogP contribution in [0.2, 0.25) is 0 Å². The largest absolute Gasteiger partial charge is 0.391 e. The Morgan fingerprint density at radius 3 is 2.57 bits per heavy atom. The number of carbonyl (C=O) groups is 1. The summed E-state index contributed by atoms with van der Waals surface area (Å²) in [6.45, 7) is 0. The zero-order valence-corrected chi connectivity index (χ0v) is 11.2. The maximum Gasteiger partial charge on any atom is 0.391 e. The van der Waals surface area contributed by atoms with Gasteiger partial charge in [0, 0.05) is 17.5 Å². The fraction of sp³-hybridized carbons (Fsp3) is 0.500. The van der Waals surface area contributed by atoms with Crippen LogP contribution < -0.4 is 0 Å². The summed E-state index contributed by atoms with van der Waals surface area (Å²) >= 11 is 0. The zero-order chi connectivity index (χ0) is 15.0. The normalized spacial score (nSPS) is 23.4. The Labute approximate surface area is 118 Å². The monoisotopic (exact) mass is 297 g/mol. The molecule has 4 nitrogen and oxygen atoms in total. The molecule has 0 radical (unpaired) electrons. The zero-order valence-electron chi connectivity index (χ0n) is 11.2. The number of hydrogen-bond donors (Lipinski definition) is 1. The molecule has 0 aliphatic heterocycles. The summed E-state index contributed by atoms with van der Waals surface area (Å²) in [6, 6.07) is 1.71. The summed E-state index contributed by atoms with van der Waals surface area (Å²) < 4.78 is 37.9. The Kier molecular flexibility index (Phi) is 3.43. The molecule has 2 aromatic heterocycles. The molecule has 0 amide bonds. The van der Waals surface area contributed by atoms with Gasteiger partial charge in [-0.05, 0) is 31.7 Å². The molecule has 3 rings (SSSR count). The van der Waals surface area contributed by atoms with Crippen molar-refractivity contribution in [1.29, 1.82) is 0 Å². The molecule has 0 atom stereocenters. The highest BCUT2D eigenvalue weighted by molar-refractivity contribution is 6.05. The number of H-pyrrole nitrogens is 1. The smallest absolute Gasteiger partial charge is 0.346 e. The van der Waals surface area contributed by atoms with Crippen molar-refractivity contribution in [1.82, 2.24) is 15.0 Å². The van der Waals surface area contributed by atoms with E-state index >= 15 is 0 Å². The molecule has 112 valence electrons. The summed E-state index contributed by atoms with van der Waals surface area (Å²) in [5.74, 6) is -1.83. The number of nitrogens with zero attached hydrogens (tertiary/aromatic N) is 2. The van der Waals surface area contributed by atoms with E-state index in [0.717, 1.165) is 0 Å². The number of aromatic nitrogens is 3. The van der Waals surface area contributed by atoms with Crippen LogP contribution in [-0.2, 0) is 0 Å². The third kappa shape index (κ3) is 2.64. The van der Waals surface area contributed by atoms with Crippen molar-refractivity contribution in [3.8, 4) is 0 Å². The first-order chi connectivity index (χ1) is 9.97. The first kappa shape index (κ1) is 14.0. The van der Waals surface area contributed by atoms with Crippen molar-refractivity contribution in [2.45, 2.75) is 31.9 Å². The predicted octanol–water partition coefficient (Wildman–Crippen LogP) is 3.51. The van der Waals surface area contributed by atoms with E-state index < -0.39 is 12.1 Å². The molecular weight excluding hydrogens is 283 g/mol. The Balaban J connectivity index is 1.77. The number of alkyl halides is 3. The van der Waals surface area contributed by atoms with Crippen molar-refractivity contribution in [2.24, 2.45) is 11.8 Å². The Morgan fingerprint density at radius 1 is 1.19 bits per heavy atom. The van der Waals surface area contributed by atoms with Crippen molar-refractivity contribution in [3.05, 3.63) is 24.3 Å². The van der Waals surface area contributed by atoms with Gasteiger partial charge in [-0.1, -0.05) is 0 Å². The van der Waals surface area contributed by atoms with Crippen LogP contribution in [0.15, 0.2) is 18.6 Å². The van der Waals surface area contributed by atoms with Gasteiger partial charge in [0.15, 0.2) is 5.78 Å². The van der Waals surface area contributed by atoms with E-state index in [2.05, 4.69) is 15.0 Å². The topological polar surface area (TPSA) is 58.6 Å². The van der Waals surface area contributed by atoms with Crippen LogP contribution in [0, 0.1) is 11.8 Å². The van der Waals surface area contributed by atoms with Crippen molar-refractivity contribution in [2.75, 3.05) is 0 Å². The summed E-state index contributed by atoms with van der Waals surface area (Å²) in [7, 11) is 0. The average molecular weight is 297 g/mol. The highest BCUT2D eigenvalue weighted by atomic mass is 19.4. The van der Waals surface area contributed by atoms with Crippen LogP contribution in [0.25, 0.3) is 11.0 Å². The molecule has 1 N–H and O–H groups in total. The van der Waals surface area contributed by atoms with Crippen LogP contribution in [-0.4, -0.2) is 26.9 Å². The molecule has 21 heavy (non-hydrogen) atoms. The number of aromatic amines is 1. The number of carbonyl (C=O) groups excluding carboxylic acids is 1. The SMILES string of the molecule is O=C(c1ncnc2[nH]ccc12)[C@H]1CC[C@@H](C(F)(F)F)CC1. The lowest BCUT2D eigenvalue weighted by Gasteiger charge is -2.28.